The lowest BCUT2D eigenvalue weighted by molar-refractivity contribution is -0.120. The SMILES string of the molecule is CCN(CC)C(CNC(=O)Cc1ccc(OCc2c(C)noc2C)cc1)C(C)C. The number of aromatic nitrogens is 1. The number of likely N-dealkylation sites (N-methyl/N-ethyl adjacent to an activating group) is 1. The van der Waals surface area contributed by atoms with Gasteiger partial charge in [0.2, 0.25) is 5.91 Å². The Hall–Kier alpha value is -2.34. The van der Waals surface area contributed by atoms with Crippen molar-refractivity contribution < 1.29 is 14.1 Å². The zero-order chi connectivity index (χ0) is 21.4. The average Bonchev–Trinajstić information content (AvgIpc) is 3.02. The molecule has 1 aromatic carbocycles. The van der Waals surface area contributed by atoms with Crippen molar-refractivity contribution in [2.24, 2.45) is 5.92 Å². The summed E-state index contributed by atoms with van der Waals surface area (Å²) in [7, 11) is 0. The van der Waals surface area contributed by atoms with E-state index in [1.807, 2.05) is 38.1 Å². The summed E-state index contributed by atoms with van der Waals surface area (Å²) in [6.07, 6.45) is 0.368. The van der Waals surface area contributed by atoms with Gasteiger partial charge in [0.1, 0.15) is 18.1 Å². The molecular formula is C23H35N3O3. The van der Waals surface area contributed by atoms with Gasteiger partial charge in [-0.25, -0.2) is 0 Å². The molecule has 2 aromatic rings. The van der Waals surface area contributed by atoms with E-state index in [0.29, 0.717) is 31.5 Å². The number of nitrogens with zero attached hydrogens (tertiary/aromatic N) is 2. The molecule has 1 unspecified atom stereocenters. The summed E-state index contributed by atoms with van der Waals surface area (Å²) in [6.45, 7) is 15.6. The molecule has 0 bridgehead atoms. The van der Waals surface area contributed by atoms with Crippen LogP contribution >= 0.6 is 0 Å². The Labute approximate surface area is 174 Å². The molecule has 1 aromatic heterocycles. The quantitative estimate of drug-likeness (QED) is 0.619. The third kappa shape index (κ3) is 6.60. The smallest absolute Gasteiger partial charge is 0.224 e. The van der Waals surface area contributed by atoms with Gasteiger partial charge >= 0.3 is 0 Å². The molecule has 1 N–H and O–H groups in total. The summed E-state index contributed by atoms with van der Waals surface area (Å²) in [5.74, 6) is 2.08. The summed E-state index contributed by atoms with van der Waals surface area (Å²) in [5.41, 5.74) is 2.79. The lowest BCUT2D eigenvalue weighted by Gasteiger charge is -2.32. The van der Waals surface area contributed by atoms with Crippen LogP contribution in [-0.4, -0.2) is 41.6 Å². The first-order chi connectivity index (χ1) is 13.8. The Morgan fingerprint density at radius 1 is 1.17 bits per heavy atom. The van der Waals surface area contributed by atoms with Crippen molar-refractivity contribution in [3.05, 3.63) is 46.8 Å². The minimum atomic E-state index is 0.0483. The van der Waals surface area contributed by atoms with Crippen molar-refractivity contribution in [2.45, 2.75) is 60.6 Å². The lowest BCUT2D eigenvalue weighted by atomic mass is 10.0. The molecule has 6 nitrogen and oxygen atoms in total. The summed E-state index contributed by atoms with van der Waals surface area (Å²) in [5, 5.41) is 7.04. The number of ether oxygens (including phenoxy) is 1. The van der Waals surface area contributed by atoms with E-state index in [1.54, 1.807) is 0 Å². The van der Waals surface area contributed by atoms with Crippen LogP contribution in [0.5, 0.6) is 5.75 Å². The first-order valence-corrected chi connectivity index (χ1v) is 10.5. The number of carbonyl (C=O) groups is 1. The topological polar surface area (TPSA) is 67.6 Å². The van der Waals surface area contributed by atoms with Crippen LogP contribution in [0.3, 0.4) is 0 Å². The van der Waals surface area contributed by atoms with Gasteiger partial charge in [-0.15, -0.1) is 0 Å². The summed E-state index contributed by atoms with van der Waals surface area (Å²) < 4.78 is 11.0. The van der Waals surface area contributed by atoms with Crippen LogP contribution in [0.25, 0.3) is 0 Å². The van der Waals surface area contributed by atoms with E-state index in [2.05, 4.69) is 43.1 Å². The predicted octanol–water partition coefficient (Wildman–Crippen LogP) is 3.90. The van der Waals surface area contributed by atoms with Crippen molar-refractivity contribution in [2.75, 3.05) is 19.6 Å². The largest absolute Gasteiger partial charge is 0.489 e. The molecule has 0 aliphatic rings. The van der Waals surface area contributed by atoms with Crippen molar-refractivity contribution >= 4 is 5.91 Å². The molecule has 0 spiro atoms. The number of amides is 1. The molecule has 0 saturated carbocycles. The highest BCUT2D eigenvalue weighted by Gasteiger charge is 2.20. The maximum atomic E-state index is 12.4. The first kappa shape index (κ1) is 22.9. The molecule has 0 radical (unpaired) electrons. The van der Waals surface area contributed by atoms with Gasteiger partial charge in [-0.1, -0.05) is 45.0 Å². The number of hydrogen-bond donors (Lipinski definition) is 1. The van der Waals surface area contributed by atoms with E-state index >= 15 is 0 Å². The van der Waals surface area contributed by atoms with Crippen molar-refractivity contribution in [3.63, 3.8) is 0 Å². The molecule has 29 heavy (non-hydrogen) atoms. The maximum absolute atomic E-state index is 12.4. The van der Waals surface area contributed by atoms with Gasteiger partial charge in [0, 0.05) is 12.6 Å². The second-order valence-corrected chi connectivity index (χ2v) is 7.75. The van der Waals surface area contributed by atoms with E-state index in [1.165, 1.54) is 0 Å². The van der Waals surface area contributed by atoms with Crippen LogP contribution in [0, 0.1) is 19.8 Å². The van der Waals surface area contributed by atoms with Gasteiger partial charge < -0.3 is 14.6 Å². The Morgan fingerprint density at radius 3 is 2.34 bits per heavy atom. The zero-order valence-corrected chi connectivity index (χ0v) is 18.6. The third-order valence-corrected chi connectivity index (χ3v) is 5.41. The van der Waals surface area contributed by atoms with Crippen LogP contribution in [0.4, 0.5) is 0 Å². The van der Waals surface area contributed by atoms with E-state index in [4.69, 9.17) is 9.26 Å². The molecule has 1 amide bonds. The maximum Gasteiger partial charge on any atom is 0.224 e. The second kappa shape index (κ2) is 11.0. The molecule has 0 aliphatic carbocycles. The number of rotatable bonds is 11. The average molecular weight is 402 g/mol. The molecule has 0 fully saturated rings. The molecule has 2 rings (SSSR count). The highest BCUT2D eigenvalue weighted by Crippen LogP contribution is 2.18. The van der Waals surface area contributed by atoms with E-state index in [0.717, 1.165) is 41.4 Å². The van der Waals surface area contributed by atoms with Crippen molar-refractivity contribution in [3.8, 4) is 5.75 Å². The summed E-state index contributed by atoms with van der Waals surface area (Å²) in [6, 6.07) is 8.02. The van der Waals surface area contributed by atoms with Crippen molar-refractivity contribution in [1.82, 2.24) is 15.4 Å². The van der Waals surface area contributed by atoms with Gasteiger partial charge in [0.15, 0.2) is 0 Å². The van der Waals surface area contributed by atoms with Gasteiger partial charge in [-0.05, 0) is 50.6 Å². The number of benzene rings is 1. The predicted molar refractivity (Wildman–Crippen MR) is 115 cm³/mol. The van der Waals surface area contributed by atoms with Gasteiger partial charge in [0.05, 0.1) is 17.7 Å². The number of aryl methyl sites for hydroxylation is 2. The molecule has 160 valence electrons. The Balaban J connectivity index is 1.84. The Morgan fingerprint density at radius 2 is 1.83 bits per heavy atom. The van der Waals surface area contributed by atoms with E-state index in [-0.39, 0.29) is 5.91 Å². The second-order valence-electron chi connectivity index (χ2n) is 7.75. The minimum Gasteiger partial charge on any atom is -0.489 e. The molecular weight excluding hydrogens is 366 g/mol. The van der Waals surface area contributed by atoms with Crippen LogP contribution < -0.4 is 10.1 Å². The minimum absolute atomic E-state index is 0.0483. The third-order valence-electron chi connectivity index (χ3n) is 5.41. The van der Waals surface area contributed by atoms with Gasteiger partial charge in [-0.3, -0.25) is 9.69 Å². The number of nitrogens with one attached hydrogen (secondary N) is 1. The highest BCUT2D eigenvalue weighted by atomic mass is 16.5. The lowest BCUT2D eigenvalue weighted by Crippen LogP contribution is -2.47. The Kier molecular flexibility index (Phi) is 8.70. The molecule has 1 atom stereocenters. The van der Waals surface area contributed by atoms with Crippen LogP contribution in [-0.2, 0) is 17.8 Å². The zero-order valence-electron chi connectivity index (χ0n) is 18.6. The van der Waals surface area contributed by atoms with Crippen LogP contribution in [0.2, 0.25) is 0 Å². The van der Waals surface area contributed by atoms with E-state index < -0.39 is 0 Å². The number of hydrogen-bond acceptors (Lipinski definition) is 5. The standard InChI is InChI=1S/C23H35N3O3/c1-7-26(8-2)22(16(3)4)14-24-23(27)13-19-9-11-20(12-10-19)28-15-21-17(5)25-29-18(21)6/h9-12,16,22H,7-8,13-15H2,1-6H3,(H,24,27). The fraction of sp³-hybridized carbons (Fsp3) is 0.565. The van der Waals surface area contributed by atoms with Crippen LogP contribution in [0.15, 0.2) is 28.8 Å². The molecule has 1 heterocycles. The van der Waals surface area contributed by atoms with Gasteiger partial charge in [-0.2, -0.15) is 0 Å². The monoisotopic (exact) mass is 401 g/mol. The highest BCUT2D eigenvalue weighted by molar-refractivity contribution is 5.78. The summed E-state index contributed by atoms with van der Waals surface area (Å²) >= 11 is 0. The first-order valence-electron chi connectivity index (χ1n) is 10.5. The number of carbonyl (C=O) groups excluding carboxylic acids is 1. The van der Waals surface area contributed by atoms with Crippen molar-refractivity contribution in [1.29, 1.82) is 0 Å². The Bertz CT molecular complexity index is 745. The fourth-order valence-electron chi connectivity index (χ4n) is 3.51. The van der Waals surface area contributed by atoms with E-state index in [9.17, 15) is 4.79 Å². The fourth-order valence-corrected chi connectivity index (χ4v) is 3.51. The molecule has 6 heteroatoms. The molecule has 0 aliphatic heterocycles. The van der Waals surface area contributed by atoms with Gasteiger partial charge in [0.25, 0.3) is 0 Å². The summed E-state index contributed by atoms with van der Waals surface area (Å²) in [4.78, 5) is 14.8. The molecule has 0 saturated heterocycles. The normalized spacial score (nSPS) is 12.4. The van der Waals surface area contributed by atoms with Crippen LogP contribution in [0.1, 0.15) is 50.3 Å².